The van der Waals surface area contributed by atoms with Gasteiger partial charge < -0.3 is 5.32 Å². The van der Waals surface area contributed by atoms with Crippen molar-refractivity contribution in [2.75, 3.05) is 6.54 Å². The number of rotatable bonds is 6. The lowest BCUT2D eigenvalue weighted by molar-refractivity contribution is 0.520. The highest BCUT2D eigenvalue weighted by molar-refractivity contribution is 9.10. The van der Waals surface area contributed by atoms with Gasteiger partial charge in [-0.1, -0.05) is 13.0 Å². The molecule has 0 amide bonds. The number of hydrogen-bond acceptors (Lipinski definition) is 3. The standard InChI is InChI=1S/C14H17BrN2S/c1-2-7-16-13(12-5-3-4-8-17-12)10-14-11(15)6-9-18-14/h3-6,8-9,13,16H,2,7,10H2,1H3. The summed E-state index contributed by atoms with van der Waals surface area (Å²) in [6, 6.07) is 8.50. The SMILES string of the molecule is CCCNC(Cc1sccc1Br)c1ccccn1. The van der Waals surface area contributed by atoms with Gasteiger partial charge in [-0.2, -0.15) is 0 Å². The minimum atomic E-state index is 0.293. The van der Waals surface area contributed by atoms with Crippen LogP contribution in [0, 0.1) is 0 Å². The second kappa shape index (κ2) is 7.02. The third-order valence-corrected chi connectivity index (χ3v) is 4.71. The fourth-order valence-electron chi connectivity index (χ4n) is 1.84. The first-order chi connectivity index (χ1) is 8.81. The summed E-state index contributed by atoms with van der Waals surface area (Å²) < 4.78 is 1.20. The van der Waals surface area contributed by atoms with Crippen LogP contribution >= 0.6 is 27.3 Å². The zero-order valence-corrected chi connectivity index (χ0v) is 12.8. The number of pyridine rings is 1. The van der Waals surface area contributed by atoms with Crippen molar-refractivity contribution in [3.05, 3.63) is 50.9 Å². The summed E-state index contributed by atoms with van der Waals surface area (Å²) in [5.74, 6) is 0. The lowest BCUT2D eigenvalue weighted by Crippen LogP contribution is -2.24. The molecule has 0 aromatic carbocycles. The first kappa shape index (κ1) is 13.7. The molecule has 0 saturated carbocycles. The minimum Gasteiger partial charge on any atom is -0.308 e. The zero-order chi connectivity index (χ0) is 12.8. The molecule has 2 nitrogen and oxygen atoms in total. The minimum absolute atomic E-state index is 0.293. The van der Waals surface area contributed by atoms with Gasteiger partial charge in [-0.25, -0.2) is 0 Å². The third kappa shape index (κ3) is 3.64. The summed E-state index contributed by atoms with van der Waals surface area (Å²) in [6.07, 6.45) is 3.98. The van der Waals surface area contributed by atoms with Gasteiger partial charge in [0, 0.05) is 22.0 Å². The zero-order valence-electron chi connectivity index (χ0n) is 10.4. The maximum atomic E-state index is 4.47. The number of nitrogens with zero attached hydrogens (tertiary/aromatic N) is 1. The summed E-state index contributed by atoms with van der Waals surface area (Å²) >= 11 is 5.39. The van der Waals surface area contributed by atoms with Crippen LogP contribution in [0.5, 0.6) is 0 Å². The van der Waals surface area contributed by atoms with Gasteiger partial charge in [0.15, 0.2) is 0 Å². The summed E-state index contributed by atoms with van der Waals surface area (Å²) in [5.41, 5.74) is 1.12. The molecule has 2 aromatic heterocycles. The first-order valence-corrected chi connectivity index (χ1v) is 7.84. The summed E-state index contributed by atoms with van der Waals surface area (Å²) in [7, 11) is 0. The number of hydrogen-bond donors (Lipinski definition) is 1. The Labute approximate surface area is 121 Å². The molecule has 96 valence electrons. The molecule has 2 rings (SSSR count). The lowest BCUT2D eigenvalue weighted by Gasteiger charge is -2.17. The van der Waals surface area contributed by atoms with Crippen molar-refractivity contribution in [3.63, 3.8) is 0 Å². The van der Waals surface area contributed by atoms with Crippen molar-refractivity contribution in [1.29, 1.82) is 0 Å². The van der Waals surface area contributed by atoms with Crippen LogP contribution in [0.2, 0.25) is 0 Å². The van der Waals surface area contributed by atoms with Gasteiger partial charge in [0.05, 0.1) is 11.7 Å². The first-order valence-electron chi connectivity index (χ1n) is 6.17. The highest BCUT2D eigenvalue weighted by atomic mass is 79.9. The second-order valence-corrected chi connectivity index (χ2v) is 6.01. The molecule has 1 N–H and O–H groups in total. The molecule has 2 aromatic rings. The van der Waals surface area contributed by atoms with E-state index in [2.05, 4.69) is 50.7 Å². The van der Waals surface area contributed by atoms with Gasteiger partial charge in [0.25, 0.3) is 0 Å². The van der Waals surface area contributed by atoms with Crippen molar-refractivity contribution in [2.24, 2.45) is 0 Å². The predicted octanol–water partition coefficient (Wildman–Crippen LogP) is 4.19. The van der Waals surface area contributed by atoms with Crippen molar-refractivity contribution >= 4 is 27.3 Å². The number of aromatic nitrogens is 1. The summed E-state index contributed by atoms with van der Waals surface area (Å²) in [4.78, 5) is 5.84. The predicted molar refractivity (Wildman–Crippen MR) is 81.0 cm³/mol. The third-order valence-electron chi connectivity index (χ3n) is 2.77. The molecule has 0 bridgehead atoms. The molecule has 0 fully saturated rings. The van der Waals surface area contributed by atoms with Crippen LogP contribution in [0.4, 0.5) is 0 Å². The van der Waals surface area contributed by atoms with E-state index in [4.69, 9.17) is 0 Å². The average Bonchev–Trinajstić information content (AvgIpc) is 2.81. The van der Waals surface area contributed by atoms with E-state index in [0.29, 0.717) is 6.04 Å². The van der Waals surface area contributed by atoms with Crippen molar-refractivity contribution < 1.29 is 0 Å². The van der Waals surface area contributed by atoms with E-state index in [1.165, 1.54) is 9.35 Å². The van der Waals surface area contributed by atoms with Crippen molar-refractivity contribution in [3.8, 4) is 0 Å². The van der Waals surface area contributed by atoms with E-state index in [9.17, 15) is 0 Å². The number of halogens is 1. The van der Waals surface area contributed by atoms with Gasteiger partial charge in [0.2, 0.25) is 0 Å². The highest BCUT2D eigenvalue weighted by Crippen LogP contribution is 2.27. The van der Waals surface area contributed by atoms with E-state index >= 15 is 0 Å². The molecule has 18 heavy (non-hydrogen) atoms. The van der Waals surface area contributed by atoms with E-state index in [-0.39, 0.29) is 0 Å². The molecule has 0 spiro atoms. The lowest BCUT2D eigenvalue weighted by atomic mass is 10.1. The molecule has 0 aliphatic carbocycles. The molecule has 0 saturated heterocycles. The molecular weight excluding hydrogens is 308 g/mol. The van der Waals surface area contributed by atoms with Crippen LogP contribution < -0.4 is 5.32 Å². The maximum absolute atomic E-state index is 4.47. The van der Waals surface area contributed by atoms with E-state index in [1.807, 2.05) is 18.3 Å². The highest BCUT2D eigenvalue weighted by Gasteiger charge is 2.14. The Balaban J connectivity index is 2.13. The number of thiophene rings is 1. The molecule has 0 radical (unpaired) electrons. The number of nitrogens with one attached hydrogen (secondary N) is 1. The second-order valence-electron chi connectivity index (χ2n) is 4.16. The fourth-order valence-corrected chi connectivity index (χ4v) is 3.40. The van der Waals surface area contributed by atoms with Gasteiger partial charge in [-0.05, 0) is 52.5 Å². The maximum Gasteiger partial charge on any atom is 0.0576 e. The largest absolute Gasteiger partial charge is 0.308 e. The normalized spacial score (nSPS) is 12.6. The van der Waals surface area contributed by atoms with E-state index < -0.39 is 0 Å². The Morgan fingerprint density at radius 3 is 2.89 bits per heavy atom. The van der Waals surface area contributed by atoms with Gasteiger partial charge in [0.1, 0.15) is 0 Å². The molecular formula is C14H17BrN2S. The molecule has 1 unspecified atom stereocenters. The molecule has 0 aliphatic rings. The van der Waals surface area contributed by atoms with E-state index in [1.54, 1.807) is 11.3 Å². The quantitative estimate of drug-likeness (QED) is 0.861. The van der Waals surface area contributed by atoms with Gasteiger partial charge in [-0.3, -0.25) is 4.98 Å². The Morgan fingerprint density at radius 1 is 1.39 bits per heavy atom. The van der Waals surface area contributed by atoms with Crippen LogP contribution in [0.3, 0.4) is 0 Å². The van der Waals surface area contributed by atoms with Crippen LogP contribution in [0.1, 0.15) is 30.0 Å². The van der Waals surface area contributed by atoms with Gasteiger partial charge in [-0.15, -0.1) is 11.3 Å². The summed E-state index contributed by atoms with van der Waals surface area (Å²) in [6.45, 7) is 3.20. The monoisotopic (exact) mass is 324 g/mol. The van der Waals surface area contributed by atoms with Crippen LogP contribution in [0.15, 0.2) is 40.3 Å². The molecule has 1 atom stereocenters. The van der Waals surface area contributed by atoms with E-state index in [0.717, 1.165) is 25.1 Å². The Bertz CT molecular complexity index is 470. The average molecular weight is 325 g/mol. The van der Waals surface area contributed by atoms with Crippen LogP contribution in [-0.2, 0) is 6.42 Å². The molecule has 0 aliphatic heterocycles. The van der Waals surface area contributed by atoms with Crippen LogP contribution in [0.25, 0.3) is 0 Å². The Kier molecular flexibility index (Phi) is 5.35. The fraction of sp³-hybridized carbons (Fsp3) is 0.357. The molecule has 4 heteroatoms. The van der Waals surface area contributed by atoms with Crippen molar-refractivity contribution in [1.82, 2.24) is 10.3 Å². The topological polar surface area (TPSA) is 24.9 Å². The Morgan fingerprint density at radius 2 is 2.28 bits per heavy atom. The summed E-state index contributed by atoms with van der Waals surface area (Å²) in [5, 5.41) is 5.69. The van der Waals surface area contributed by atoms with Gasteiger partial charge >= 0.3 is 0 Å². The van der Waals surface area contributed by atoms with Crippen LogP contribution in [-0.4, -0.2) is 11.5 Å². The van der Waals surface area contributed by atoms with Crippen molar-refractivity contribution in [2.45, 2.75) is 25.8 Å². The Hall–Kier alpha value is -0.710. The smallest absolute Gasteiger partial charge is 0.0576 e. The molecule has 2 heterocycles.